The van der Waals surface area contributed by atoms with Gasteiger partial charge in [0.05, 0.1) is 24.1 Å². The first-order valence-electron chi connectivity index (χ1n) is 6.24. The predicted molar refractivity (Wildman–Crippen MR) is 74.7 cm³/mol. The molecular formula is C11H18N6O2S. The SMILES string of the molecule is CCc1nn(C)cc1NS(=O)(=O)c1cnn(CCN)c1. The van der Waals surface area contributed by atoms with Crippen LogP contribution in [0.1, 0.15) is 12.6 Å². The molecule has 0 aliphatic rings. The maximum atomic E-state index is 12.3. The predicted octanol–water partition coefficient (Wildman–Crippen LogP) is -0.0615. The molecule has 0 bridgehead atoms. The van der Waals surface area contributed by atoms with Crippen molar-refractivity contribution in [1.29, 1.82) is 0 Å². The van der Waals surface area contributed by atoms with Crippen LogP contribution in [0.15, 0.2) is 23.5 Å². The van der Waals surface area contributed by atoms with Crippen LogP contribution in [0, 0.1) is 0 Å². The Bertz CT molecular complexity index is 688. The summed E-state index contributed by atoms with van der Waals surface area (Å²) in [6, 6.07) is 0. The van der Waals surface area contributed by atoms with E-state index in [4.69, 9.17) is 5.73 Å². The molecule has 3 N–H and O–H groups in total. The highest BCUT2D eigenvalue weighted by atomic mass is 32.2. The highest BCUT2D eigenvalue weighted by Gasteiger charge is 2.19. The molecule has 110 valence electrons. The second kappa shape index (κ2) is 5.63. The van der Waals surface area contributed by atoms with Gasteiger partial charge >= 0.3 is 0 Å². The molecule has 20 heavy (non-hydrogen) atoms. The highest BCUT2D eigenvalue weighted by Crippen LogP contribution is 2.19. The zero-order valence-electron chi connectivity index (χ0n) is 11.4. The zero-order valence-corrected chi connectivity index (χ0v) is 12.3. The number of sulfonamides is 1. The Balaban J connectivity index is 2.25. The third-order valence-corrected chi connectivity index (χ3v) is 4.08. The molecule has 0 atom stereocenters. The number of anilines is 1. The molecule has 0 aliphatic carbocycles. The second-order valence-corrected chi connectivity index (χ2v) is 6.03. The Morgan fingerprint density at radius 1 is 1.40 bits per heavy atom. The molecule has 2 rings (SSSR count). The van der Waals surface area contributed by atoms with Crippen LogP contribution in [0.3, 0.4) is 0 Å². The molecule has 0 amide bonds. The number of hydrogen-bond acceptors (Lipinski definition) is 5. The molecule has 8 nitrogen and oxygen atoms in total. The molecule has 0 unspecified atom stereocenters. The van der Waals surface area contributed by atoms with Crippen molar-refractivity contribution >= 4 is 15.7 Å². The van der Waals surface area contributed by atoms with Gasteiger partial charge in [-0.25, -0.2) is 8.42 Å². The van der Waals surface area contributed by atoms with E-state index >= 15 is 0 Å². The largest absolute Gasteiger partial charge is 0.329 e. The van der Waals surface area contributed by atoms with E-state index in [9.17, 15) is 8.42 Å². The third kappa shape index (κ3) is 2.99. The summed E-state index contributed by atoms with van der Waals surface area (Å²) in [5.74, 6) is 0. The Kier molecular flexibility index (Phi) is 4.09. The molecule has 2 aromatic rings. The minimum Gasteiger partial charge on any atom is -0.329 e. The summed E-state index contributed by atoms with van der Waals surface area (Å²) >= 11 is 0. The summed E-state index contributed by atoms with van der Waals surface area (Å²) in [4.78, 5) is 0.108. The average molecular weight is 298 g/mol. The van der Waals surface area contributed by atoms with Gasteiger partial charge in [-0.05, 0) is 6.42 Å². The quantitative estimate of drug-likeness (QED) is 0.776. The maximum Gasteiger partial charge on any atom is 0.265 e. The molecule has 0 radical (unpaired) electrons. The lowest BCUT2D eigenvalue weighted by Gasteiger charge is -2.04. The summed E-state index contributed by atoms with van der Waals surface area (Å²) in [5.41, 5.74) is 6.59. The van der Waals surface area contributed by atoms with E-state index < -0.39 is 10.0 Å². The zero-order chi connectivity index (χ0) is 14.8. The van der Waals surface area contributed by atoms with Crippen LogP contribution in [-0.4, -0.2) is 34.5 Å². The van der Waals surface area contributed by atoms with Crippen molar-refractivity contribution in [2.75, 3.05) is 11.3 Å². The Morgan fingerprint density at radius 3 is 2.80 bits per heavy atom. The van der Waals surface area contributed by atoms with Crippen LogP contribution >= 0.6 is 0 Å². The van der Waals surface area contributed by atoms with Crippen molar-refractivity contribution in [3.63, 3.8) is 0 Å². The van der Waals surface area contributed by atoms with Gasteiger partial charge in [0, 0.05) is 26.0 Å². The summed E-state index contributed by atoms with van der Waals surface area (Å²) in [5, 5.41) is 8.15. The van der Waals surface area contributed by atoms with Crippen molar-refractivity contribution in [3.8, 4) is 0 Å². The number of nitrogens with one attached hydrogen (secondary N) is 1. The van der Waals surface area contributed by atoms with Gasteiger partial charge in [-0.15, -0.1) is 0 Å². The Hall–Kier alpha value is -1.87. The summed E-state index contributed by atoms with van der Waals surface area (Å²) < 4.78 is 30.1. The third-order valence-electron chi connectivity index (χ3n) is 2.76. The monoisotopic (exact) mass is 298 g/mol. The number of nitrogens with two attached hydrogens (primary N) is 1. The topological polar surface area (TPSA) is 108 Å². The van der Waals surface area contributed by atoms with Crippen molar-refractivity contribution in [3.05, 3.63) is 24.3 Å². The van der Waals surface area contributed by atoms with Crippen molar-refractivity contribution in [2.45, 2.75) is 24.8 Å². The number of nitrogens with zero attached hydrogens (tertiary/aromatic N) is 4. The van der Waals surface area contributed by atoms with Crippen LogP contribution in [0.4, 0.5) is 5.69 Å². The average Bonchev–Trinajstić information content (AvgIpc) is 2.96. The fourth-order valence-electron chi connectivity index (χ4n) is 1.82. The Labute approximate surface area is 117 Å². The van der Waals surface area contributed by atoms with Gasteiger partial charge in [-0.1, -0.05) is 6.92 Å². The highest BCUT2D eigenvalue weighted by molar-refractivity contribution is 7.92. The van der Waals surface area contributed by atoms with Gasteiger partial charge in [0.1, 0.15) is 4.90 Å². The van der Waals surface area contributed by atoms with Crippen LogP contribution in [-0.2, 0) is 30.0 Å². The molecule has 0 saturated heterocycles. The van der Waals surface area contributed by atoms with E-state index in [1.807, 2.05) is 6.92 Å². The Morgan fingerprint density at radius 2 is 2.15 bits per heavy atom. The minimum absolute atomic E-state index is 0.108. The number of hydrogen-bond donors (Lipinski definition) is 2. The van der Waals surface area contributed by atoms with E-state index in [0.29, 0.717) is 30.9 Å². The van der Waals surface area contributed by atoms with E-state index in [-0.39, 0.29) is 4.90 Å². The minimum atomic E-state index is -3.66. The summed E-state index contributed by atoms with van der Waals surface area (Å²) in [7, 11) is -1.91. The summed E-state index contributed by atoms with van der Waals surface area (Å²) in [6.45, 7) is 2.79. The van der Waals surface area contributed by atoms with Crippen molar-refractivity contribution < 1.29 is 8.42 Å². The molecule has 2 heterocycles. The molecule has 0 aliphatic heterocycles. The van der Waals surface area contributed by atoms with Crippen LogP contribution in [0.2, 0.25) is 0 Å². The normalized spacial score (nSPS) is 11.8. The van der Waals surface area contributed by atoms with Gasteiger partial charge in [-0.2, -0.15) is 10.2 Å². The van der Waals surface area contributed by atoms with E-state index in [1.54, 1.807) is 17.9 Å². The van der Waals surface area contributed by atoms with Crippen molar-refractivity contribution in [1.82, 2.24) is 19.6 Å². The fraction of sp³-hybridized carbons (Fsp3) is 0.455. The first-order valence-corrected chi connectivity index (χ1v) is 7.72. The van der Waals surface area contributed by atoms with Gasteiger partial charge < -0.3 is 5.73 Å². The van der Waals surface area contributed by atoms with Crippen LogP contribution in [0.25, 0.3) is 0 Å². The molecule has 9 heteroatoms. The molecular weight excluding hydrogens is 280 g/mol. The second-order valence-electron chi connectivity index (χ2n) is 4.35. The van der Waals surface area contributed by atoms with Gasteiger partial charge in [0.2, 0.25) is 0 Å². The smallest absolute Gasteiger partial charge is 0.265 e. The maximum absolute atomic E-state index is 12.3. The number of rotatable bonds is 6. The van der Waals surface area contributed by atoms with Gasteiger partial charge in [0.25, 0.3) is 10.0 Å². The molecule has 0 aromatic carbocycles. The van der Waals surface area contributed by atoms with E-state index in [1.165, 1.54) is 17.1 Å². The molecule has 2 aromatic heterocycles. The lowest BCUT2D eigenvalue weighted by atomic mass is 10.3. The van der Waals surface area contributed by atoms with E-state index in [2.05, 4.69) is 14.9 Å². The number of aromatic nitrogens is 4. The molecule has 0 spiro atoms. The summed E-state index contributed by atoms with van der Waals surface area (Å²) in [6.07, 6.45) is 5.04. The number of aryl methyl sites for hydroxylation is 2. The standard InChI is InChI=1S/C11H18N6O2S/c1-3-10-11(8-16(2)14-10)15-20(18,19)9-6-13-17(7-9)5-4-12/h6-8,15H,3-5,12H2,1-2H3. The molecule has 0 fully saturated rings. The lowest BCUT2D eigenvalue weighted by Crippen LogP contribution is -2.13. The van der Waals surface area contributed by atoms with Crippen LogP contribution in [0.5, 0.6) is 0 Å². The van der Waals surface area contributed by atoms with Gasteiger partial charge in [-0.3, -0.25) is 14.1 Å². The first kappa shape index (κ1) is 14.5. The molecule has 0 saturated carbocycles. The van der Waals surface area contributed by atoms with E-state index in [0.717, 1.165) is 0 Å². The van der Waals surface area contributed by atoms with Gasteiger partial charge in [0.15, 0.2) is 0 Å². The lowest BCUT2D eigenvalue weighted by molar-refractivity contribution is 0.599. The first-order chi connectivity index (χ1) is 9.46. The van der Waals surface area contributed by atoms with Crippen molar-refractivity contribution in [2.24, 2.45) is 12.8 Å². The fourth-order valence-corrected chi connectivity index (χ4v) is 2.85. The van der Waals surface area contributed by atoms with Crippen LogP contribution < -0.4 is 10.5 Å².